The molecule has 0 atom stereocenters. The molecular weight excluding hydrogens is 187 g/mol. The molecule has 0 saturated heterocycles. The Labute approximate surface area is 74.8 Å². The summed E-state index contributed by atoms with van der Waals surface area (Å²) in [5, 5.41) is 0.796. The summed E-state index contributed by atoms with van der Waals surface area (Å²) < 4.78 is 0.772. The number of halogens is 2. The van der Waals surface area contributed by atoms with Crippen molar-refractivity contribution in [3.63, 3.8) is 0 Å². The lowest BCUT2D eigenvalue weighted by Crippen LogP contribution is -1.79. The predicted octanol–water partition coefficient (Wildman–Crippen LogP) is 4.18. The first-order chi connectivity index (χ1) is 4.61. The molecule has 0 bridgehead atoms. The van der Waals surface area contributed by atoms with Crippen LogP contribution in [-0.2, 0) is 0 Å². The fourth-order valence-electron chi connectivity index (χ4n) is 0.748. The van der Waals surface area contributed by atoms with Gasteiger partial charge in [0.05, 0.1) is 9.36 Å². The molecule has 0 aliphatic heterocycles. The average molecular weight is 195 g/mol. The van der Waals surface area contributed by atoms with Gasteiger partial charge in [0.1, 0.15) is 0 Å². The van der Waals surface area contributed by atoms with E-state index in [1.165, 1.54) is 4.88 Å². The van der Waals surface area contributed by atoms with E-state index in [1.807, 2.05) is 0 Å². The van der Waals surface area contributed by atoms with Gasteiger partial charge in [-0.3, -0.25) is 0 Å². The van der Waals surface area contributed by atoms with Crippen molar-refractivity contribution in [3.8, 4) is 0 Å². The van der Waals surface area contributed by atoms with Gasteiger partial charge in [0.25, 0.3) is 0 Å². The van der Waals surface area contributed by atoms with Crippen molar-refractivity contribution in [1.82, 2.24) is 0 Å². The quantitative estimate of drug-likeness (QED) is 0.630. The molecule has 1 aromatic rings. The third-order valence-electron chi connectivity index (χ3n) is 1.21. The number of hydrogen-bond acceptors (Lipinski definition) is 1. The zero-order valence-corrected chi connectivity index (χ0v) is 8.15. The van der Waals surface area contributed by atoms with Crippen LogP contribution in [0.15, 0.2) is 6.07 Å². The molecule has 0 N–H and O–H groups in total. The van der Waals surface area contributed by atoms with Gasteiger partial charge in [-0.05, 0) is 12.0 Å². The molecule has 0 amide bonds. The molecule has 1 rings (SSSR count). The lowest BCUT2D eigenvalue weighted by atomic mass is 10.2. The molecule has 0 aliphatic carbocycles. The van der Waals surface area contributed by atoms with E-state index in [4.69, 9.17) is 23.2 Å². The van der Waals surface area contributed by atoms with Gasteiger partial charge in [-0.2, -0.15) is 0 Å². The summed E-state index contributed by atoms with van der Waals surface area (Å²) >= 11 is 13.2. The van der Waals surface area contributed by atoms with Crippen LogP contribution in [0.3, 0.4) is 0 Å². The monoisotopic (exact) mass is 194 g/mol. The Hall–Kier alpha value is 0.280. The number of hydrogen-bond donors (Lipinski definition) is 0. The van der Waals surface area contributed by atoms with E-state index in [1.54, 1.807) is 17.4 Å². The highest BCUT2D eigenvalue weighted by molar-refractivity contribution is 7.16. The second-order valence-corrected chi connectivity index (χ2v) is 4.54. The Kier molecular flexibility index (Phi) is 2.61. The van der Waals surface area contributed by atoms with Crippen LogP contribution in [0.1, 0.15) is 24.6 Å². The maximum atomic E-state index is 5.87. The van der Waals surface area contributed by atoms with Gasteiger partial charge >= 0.3 is 0 Å². The molecule has 0 radical (unpaired) electrons. The fraction of sp³-hybridized carbons (Fsp3) is 0.429. The topological polar surface area (TPSA) is 0 Å². The second kappa shape index (κ2) is 3.12. The maximum absolute atomic E-state index is 5.87. The summed E-state index contributed by atoms with van der Waals surface area (Å²) in [7, 11) is 0. The molecule has 3 heteroatoms. The van der Waals surface area contributed by atoms with Crippen molar-refractivity contribution < 1.29 is 0 Å². The van der Waals surface area contributed by atoms with Gasteiger partial charge in [-0.1, -0.05) is 37.0 Å². The number of thiophene rings is 1. The van der Waals surface area contributed by atoms with Crippen LogP contribution in [0.4, 0.5) is 0 Å². The van der Waals surface area contributed by atoms with Crippen molar-refractivity contribution in [2.45, 2.75) is 19.8 Å². The average Bonchev–Trinajstić information content (AvgIpc) is 2.10. The van der Waals surface area contributed by atoms with E-state index < -0.39 is 0 Å². The molecule has 10 heavy (non-hydrogen) atoms. The maximum Gasteiger partial charge on any atom is 0.0946 e. The Morgan fingerprint density at radius 3 is 2.20 bits per heavy atom. The van der Waals surface area contributed by atoms with Gasteiger partial charge in [-0.15, -0.1) is 11.3 Å². The summed E-state index contributed by atoms with van der Waals surface area (Å²) in [5.74, 6) is 0.477. The van der Waals surface area contributed by atoms with Crippen LogP contribution in [0.5, 0.6) is 0 Å². The molecule has 0 fully saturated rings. The van der Waals surface area contributed by atoms with Crippen molar-refractivity contribution in [3.05, 3.63) is 20.3 Å². The Morgan fingerprint density at radius 1 is 1.40 bits per heavy atom. The third kappa shape index (κ3) is 1.66. The van der Waals surface area contributed by atoms with Crippen molar-refractivity contribution in [2.75, 3.05) is 0 Å². The minimum Gasteiger partial charge on any atom is -0.127 e. The van der Waals surface area contributed by atoms with Crippen LogP contribution < -0.4 is 0 Å². The molecule has 0 aliphatic rings. The molecule has 0 nitrogen and oxygen atoms in total. The van der Waals surface area contributed by atoms with Crippen molar-refractivity contribution >= 4 is 34.5 Å². The summed E-state index contributed by atoms with van der Waals surface area (Å²) in [5.41, 5.74) is 0. The first-order valence-electron chi connectivity index (χ1n) is 3.06. The van der Waals surface area contributed by atoms with Gasteiger partial charge < -0.3 is 0 Å². The molecule has 56 valence electrons. The normalized spacial score (nSPS) is 10.9. The van der Waals surface area contributed by atoms with Crippen LogP contribution in [0.2, 0.25) is 9.36 Å². The van der Waals surface area contributed by atoms with Crippen LogP contribution >= 0.6 is 34.5 Å². The predicted molar refractivity (Wildman–Crippen MR) is 48.4 cm³/mol. The summed E-state index contributed by atoms with van der Waals surface area (Å²) in [6, 6.07) is 1.79. The van der Waals surface area contributed by atoms with E-state index in [2.05, 4.69) is 13.8 Å². The molecule has 1 heterocycles. The molecule has 0 unspecified atom stereocenters. The smallest absolute Gasteiger partial charge is 0.0946 e. The van der Waals surface area contributed by atoms with E-state index in [0.717, 1.165) is 9.36 Å². The molecule has 1 aromatic heterocycles. The van der Waals surface area contributed by atoms with E-state index in [-0.39, 0.29) is 0 Å². The first kappa shape index (κ1) is 8.38. The highest BCUT2D eigenvalue weighted by Gasteiger charge is 2.08. The van der Waals surface area contributed by atoms with Gasteiger partial charge in [0.2, 0.25) is 0 Å². The van der Waals surface area contributed by atoms with Crippen LogP contribution in [0, 0.1) is 0 Å². The van der Waals surface area contributed by atoms with Gasteiger partial charge in [0, 0.05) is 4.88 Å². The SMILES string of the molecule is CC(C)c1sc(Cl)cc1Cl. The lowest BCUT2D eigenvalue weighted by molar-refractivity contribution is 0.890. The fourth-order valence-corrected chi connectivity index (χ4v) is 2.45. The number of rotatable bonds is 1. The minimum absolute atomic E-state index is 0.477. The lowest BCUT2D eigenvalue weighted by Gasteiger charge is -1.98. The zero-order chi connectivity index (χ0) is 7.72. The Balaban J connectivity index is 3.03. The van der Waals surface area contributed by atoms with E-state index in [9.17, 15) is 0 Å². The van der Waals surface area contributed by atoms with E-state index in [0.29, 0.717) is 5.92 Å². The van der Waals surface area contributed by atoms with Crippen molar-refractivity contribution in [2.24, 2.45) is 0 Å². The summed E-state index contributed by atoms with van der Waals surface area (Å²) in [4.78, 5) is 1.17. The van der Waals surface area contributed by atoms with Crippen molar-refractivity contribution in [1.29, 1.82) is 0 Å². The largest absolute Gasteiger partial charge is 0.127 e. The van der Waals surface area contributed by atoms with Crippen LogP contribution in [0.25, 0.3) is 0 Å². The highest BCUT2D eigenvalue weighted by atomic mass is 35.5. The third-order valence-corrected chi connectivity index (χ3v) is 3.20. The zero-order valence-electron chi connectivity index (χ0n) is 5.82. The van der Waals surface area contributed by atoms with Crippen LogP contribution in [-0.4, -0.2) is 0 Å². The highest BCUT2D eigenvalue weighted by Crippen LogP contribution is 2.35. The molecule has 0 spiro atoms. The molecule has 0 saturated carbocycles. The van der Waals surface area contributed by atoms with E-state index >= 15 is 0 Å². The minimum atomic E-state index is 0.477. The van der Waals surface area contributed by atoms with Gasteiger partial charge in [0.15, 0.2) is 0 Å². The first-order valence-corrected chi connectivity index (χ1v) is 4.63. The second-order valence-electron chi connectivity index (χ2n) is 2.42. The molecular formula is C7H8Cl2S. The Bertz CT molecular complexity index is 228. The van der Waals surface area contributed by atoms with Gasteiger partial charge in [-0.25, -0.2) is 0 Å². The summed E-state index contributed by atoms with van der Waals surface area (Å²) in [6.45, 7) is 4.21. The standard InChI is InChI=1S/C7H8Cl2S/c1-4(2)7-5(8)3-6(9)10-7/h3-4H,1-2H3. The Morgan fingerprint density at radius 2 is 2.00 bits per heavy atom. The summed E-state index contributed by atoms with van der Waals surface area (Å²) in [6.07, 6.45) is 0. The molecule has 0 aromatic carbocycles.